The van der Waals surface area contributed by atoms with Gasteiger partial charge in [0.05, 0.1) is 29.5 Å². The molecule has 0 fully saturated rings. The van der Waals surface area contributed by atoms with E-state index in [9.17, 15) is 4.79 Å². The molecule has 0 radical (unpaired) electrons. The van der Waals surface area contributed by atoms with Crippen molar-refractivity contribution in [1.82, 2.24) is 4.98 Å². The molecule has 29 heavy (non-hydrogen) atoms. The Kier molecular flexibility index (Phi) is 6.00. The van der Waals surface area contributed by atoms with Gasteiger partial charge in [0.25, 0.3) is 0 Å². The highest BCUT2D eigenvalue weighted by Gasteiger charge is 2.11. The van der Waals surface area contributed by atoms with Crippen LogP contribution in [-0.2, 0) is 4.79 Å². The zero-order chi connectivity index (χ0) is 19.5. The number of nitrogens with zero attached hydrogens (tertiary/aromatic N) is 1. The van der Waals surface area contributed by atoms with Crippen molar-refractivity contribution in [3.8, 4) is 5.75 Å². The first kappa shape index (κ1) is 20.2. The lowest BCUT2D eigenvalue weighted by Gasteiger charge is -2.16. The number of para-hydroxylation sites is 2. The SMILES string of the molecule is COc1cc(/C=C/C(=O)O)ccc1Nc1c2ccccc2nc2ccccc12.Cl. The second kappa shape index (κ2) is 8.63. The van der Waals surface area contributed by atoms with E-state index in [0.717, 1.165) is 44.8 Å². The minimum Gasteiger partial charge on any atom is -0.495 e. The maximum absolute atomic E-state index is 10.7. The zero-order valence-electron chi connectivity index (χ0n) is 15.6. The Balaban J connectivity index is 0.00000240. The second-order valence-corrected chi connectivity index (χ2v) is 6.28. The largest absolute Gasteiger partial charge is 0.495 e. The minimum absolute atomic E-state index is 0. The number of aliphatic carboxylic acids is 1. The molecular formula is C23H19ClN2O3. The summed E-state index contributed by atoms with van der Waals surface area (Å²) in [5.74, 6) is -0.367. The van der Waals surface area contributed by atoms with Crippen LogP contribution in [0.25, 0.3) is 27.9 Å². The van der Waals surface area contributed by atoms with Gasteiger partial charge in [-0.2, -0.15) is 0 Å². The van der Waals surface area contributed by atoms with E-state index >= 15 is 0 Å². The maximum atomic E-state index is 10.7. The van der Waals surface area contributed by atoms with Crippen LogP contribution in [0.5, 0.6) is 5.75 Å². The molecule has 0 atom stereocenters. The maximum Gasteiger partial charge on any atom is 0.328 e. The van der Waals surface area contributed by atoms with E-state index in [2.05, 4.69) is 5.32 Å². The first-order chi connectivity index (χ1) is 13.7. The van der Waals surface area contributed by atoms with Gasteiger partial charge in [-0.3, -0.25) is 0 Å². The molecule has 1 aromatic heterocycles. The highest BCUT2D eigenvalue weighted by molar-refractivity contribution is 6.08. The zero-order valence-corrected chi connectivity index (χ0v) is 16.4. The number of carbonyl (C=O) groups is 1. The summed E-state index contributed by atoms with van der Waals surface area (Å²) in [4.78, 5) is 15.5. The van der Waals surface area contributed by atoms with Gasteiger partial charge in [-0.15, -0.1) is 12.4 Å². The molecule has 6 heteroatoms. The quantitative estimate of drug-likeness (QED) is 0.330. The number of carboxylic acids is 1. The van der Waals surface area contributed by atoms with Crippen LogP contribution in [-0.4, -0.2) is 23.2 Å². The van der Waals surface area contributed by atoms with Crippen molar-refractivity contribution >= 4 is 57.6 Å². The number of ether oxygens (including phenoxy) is 1. The van der Waals surface area contributed by atoms with Gasteiger partial charge in [0, 0.05) is 16.8 Å². The highest BCUT2D eigenvalue weighted by Crippen LogP contribution is 2.36. The van der Waals surface area contributed by atoms with E-state index in [-0.39, 0.29) is 12.4 Å². The molecular weight excluding hydrogens is 388 g/mol. The number of fused-ring (bicyclic) bond motifs is 2. The smallest absolute Gasteiger partial charge is 0.328 e. The number of hydrogen-bond donors (Lipinski definition) is 2. The van der Waals surface area contributed by atoms with E-state index in [1.165, 1.54) is 6.08 Å². The van der Waals surface area contributed by atoms with Gasteiger partial charge >= 0.3 is 5.97 Å². The molecule has 0 aliphatic carbocycles. The Hall–Kier alpha value is -3.57. The summed E-state index contributed by atoms with van der Waals surface area (Å²) in [7, 11) is 1.59. The van der Waals surface area contributed by atoms with Gasteiger partial charge in [-0.1, -0.05) is 42.5 Å². The molecule has 5 nitrogen and oxygen atoms in total. The molecule has 0 saturated heterocycles. The predicted octanol–water partition coefficient (Wildman–Crippen LogP) is 5.66. The van der Waals surface area contributed by atoms with Gasteiger partial charge in [0.15, 0.2) is 0 Å². The van der Waals surface area contributed by atoms with Crippen LogP contribution < -0.4 is 10.1 Å². The van der Waals surface area contributed by atoms with Gasteiger partial charge in [0.2, 0.25) is 0 Å². The topological polar surface area (TPSA) is 71.5 Å². The van der Waals surface area contributed by atoms with E-state index in [1.54, 1.807) is 13.2 Å². The van der Waals surface area contributed by atoms with Gasteiger partial charge in [-0.25, -0.2) is 9.78 Å². The Labute approximate surface area is 174 Å². The van der Waals surface area contributed by atoms with Crippen molar-refractivity contribution in [1.29, 1.82) is 0 Å². The third-order valence-electron chi connectivity index (χ3n) is 4.49. The van der Waals surface area contributed by atoms with E-state index in [1.807, 2.05) is 60.7 Å². The highest BCUT2D eigenvalue weighted by atomic mass is 35.5. The lowest BCUT2D eigenvalue weighted by Crippen LogP contribution is -1.98. The summed E-state index contributed by atoms with van der Waals surface area (Å²) < 4.78 is 5.53. The summed E-state index contributed by atoms with van der Waals surface area (Å²) in [6, 6.07) is 21.5. The molecule has 0 saturated carbocycles. The van der Waals surface area contributed by atoms with Crippen LogP contribution in [0.15, 0.2) is 72.8 Å². The molecule has 0 amide bonds. The molecule has 0 aliphatic heterocycles. The third kappa shape index (κ3) is 4.15. The van der Waals surface area contributed by atoms with Gasteiger partial charge in [-0.05, 0) is 35.9 Å². The Bertz CT molecular complexity index is 1170. The molecule has 0 bridgehead atoms. The van der Waals surface area contributed by atoms with Crippen molar-refractivity contribution in [2.45, 2.75) is 0 Å². The van der Waals surface area contributed by atoms with Crippen molar-refractivity contribution in [2.24, 2.45) is 0 Å². The van der Waals surface area contributed by atoms with Crippen LogP contribution >= 0.6 is 12.4 Å². The van der Waals surface area contributed by atoms with Crippen LogP contribution in [0.1, 0.15) is 5.56 Å². The first-order valence-corrected chi connectivity index (χ1v) is 8.79. The molecule has 0 spiro atoms. The number of aromatic nitrogens is 1. The normalized spacial score (nSPS) is 10.8. The Morgan fingerprint density at radius 2 is 1.62 bits per heavy atom. The summed E-state index contributed by atoms with van der Waals surface area (Å²) in [6.07, 6.45) is 2.64. The monoisotopic (exact) mass is 406 g/mol. The molecule has 0 aliphatic rings. The number of anilines is 2. The lowest BCUT2D eigenvalue weighted by atomic mass is 10.1. The second-order valence-electron chi connectivity index (χ2n) is 6.28. The van der Waals surface area contributed by atoms with Crippen molar-refractivity contribution in [2.75, 3.05) is 12.4 Å². The summed E-state index contributed by atoms with van der Waals surface area (Å²) in [5.41, 5.74) is 4.30. The fourth-order valence-electron chi connectivity index (χ4n) is 3.19. The Morgan fingerprint density at radius 3 is 2.21 bits per heavy atom. The Morgan fingerprint density at radius 1 is 1.00 bits per heavy atom. The van der Waals surface area contributed by atoms with E-state index < -0.39 is 5.97 Å². The lowest BCUT2D eigenvalue weighted by molar-refractivity contribution is -0.131. The molecule has 4 rings (SSSR count). The molecule has 1 heterocycles. The minimum atomic E-state index is -0.990. The van der Waals surface area contributed by atoms with E-state index in [0.29, 0.717) is 5.75 Å². The fourth-order valence-corrected chi connectivity index (χ4v) is 3.19. The van der Waals surface area contributed by atoms with Gasteiger partial charge < -0.3 is 15.2 Å². The summed E-state index contributed by atoms with van der Waals surface area (Å²) in [5, 5.41) is 14.3. The van der Waals surface area contributed by atoms with Crippen molar-refractivity contribution < 1.29 is 14.6 Å². The fraction of sp³-hybridized carbons (Fsp3) is 0.0435. The first-order valence-electron chi connectivity index (χ1n) is 8.79. The van der Waals surface area contributed by atoms with Crippen LogP contribution in [0.2, 0.25) is 0 Å². The number of carboxylic acid groups (broad SMARTS) is 1. The number of benzene rings is 3. The van der Waals surface area contributed by atoms with Crippen molar-refractivity contribution in [3.63, 3.8) is 0 Å². The molecule has 146 valence electrons. The number of pyridine rings is 1. The number of hydrogen-bond acceptors (Lipinski definition) is 4. The standard InChI is InChI=1S/C23H18N2O3.ClH/c1-28-21-14-15(11-13-22(26)27)10-12-20(21)25-23-16-6-2-4-8-18(16)24-19-9-5-3-7-17(19)23;/h2-14H,1H3,(H,24,25)(H,26,27);1H/b13-11+;. The molecule has 3 aromatic carbocycles. The summed E-state index contributed by atoms with van der Waals surface area (Å²) in [6.45, 7) is 0. The average Bonchev–Trinajstić information content (AvgIpc) is 2.72. The van der Waals surface area contributed by atoms with Crippen molar-refractivity contribution in [3.05, 3.63) is 78.4 Å². The third-order valence-corrected chi connectivity index (χ3v) is 4.49. The van der Waals surface area contributed by atoms with E-state index in [4.69, 9.17) is 14.8 Å². The number of nitrogens with one attached hydrogen (secondary N) is 1. The predicted molar refractivity (Wildman–Crippen MR) is 119 cm³/mol. The number of rotatable bonds is 5. The number of halogens is 1. The van der Waals surface area contributed by atoms with Crippen LogP contribution in [0, 0.1) is 0 Å². The summed E-state index contributed by atoms with van der Waals surface area (Å²) >= 11 is 0. The van der Waals surface area contributed by atoms with Crippen LogP contribution in [0.4, 0.5) is 11.4 Å². The van der Waals surface area contributed by atoms with Crippen LogP contribution in [0.3, 0.4) is 0 Å². The number of methoxy groups -OCH3 is 1. The molecule has 4 aromatic rings. The molecule has 2 N–H and O–H groups in total. The van der Waals surface area contributed by atoms with Gasteiger partial charge in [0.1, 0.15) is 5.75 Å². The molecule has 0 unspecified atom stereocenters. The average molecular weight is 407 g/mol.